The summed E-state index contributed by atoms with van der Waals surface area (Å²) in [6.07, 6.45) is 2.35. The summed E-state index contributed by atoms with van der Waals surface area (Å²) in [5, 5.41) is 3.37. The maximum absolute atomic E-state index is 11.2. The van der Waals surface area contributed by atoms with E-state index < -0.39 is 0 Å². The minimum atomic E-state index is 0.00343. The van der Waals surface area contributed by atoms with E-state index in [9.17, 15) is 4.79 Å². The lowest BCUT2D eigenvalue weighted by molar-refractivity contribution is 0.645. The van der Waals surface area contributed by atoms with Crippen molar-refractivity contribution in [3.8, 4) is 0 Å². The molecule has 0 aliphatic carbocycles. The Morgan fingerprint density at radius 1 is 1.46 bits per heavy atom. The van der Waals surface area contributed by atoms with Crippen LogP contribution in [0.2, 0.25) is 0 Å². The van der Waals surface area contributed by atoms with E-state index in [0.29, 0.717) is 6.04 Å². The van der Waals surface area contributed by atoms with Crippen molar-refractivity contribution in [3.63, 3.8) is 0 Å². The molecule has 2 heterocycles. The van der Waals surface area contributed by atoms with Gasteiger partial charge in [0.15, 0.2) is 0 Å². The van der Waals surface area contributed by atoms with E-state index in [0.717, 1.165) is 24.2 Å². The molecule has 0 unspecified atom stereocenters. The molecule has 2 N–H and O–H groups in total. The van der Waals surface area contributed by atoms with Gasteiger partial charge in [0.05, 0.1) is 0 Å². The van der Waals surface area contributed by atoms with Gasteiger partial charge in [-0.2, -0.15) is 0 Å². The second-order valence-corrected chi connectivity index (χ2v) is 3.61. The highest BCUT2D eigenvalue weighted by Gasteiger charge is 2.16. The zero-order valence-electron chi connectivity index (χ0n) is 7.76. The zero-order chi connectivity index (χ0) is 9.26. The van der Waals surface area contributed by atoms with Gasteiger partial charge in [-0.25, -0.2) is 0 Å². The van der Waals surface area contributed by atoms with Gasteiger partial charge >= 0.3 is 0 Å². The summed E-state index contributed by atoms with van der Waals surface area (Å²) in [5.74, 6) is 0. The molecule has 0 spiro atoms. The van der Waals surface area contributed by atoms with Crippen molar-refractivity contribution in [2.45, 2.75) is 25.8 Å². The van der Waals surface area contributed by atoms with Crippen LogP contribution in [0.5, 0.6) is 0 Å². The van der Waals surface area contributed by atoms with E-state index in [4.69, 9.17) is 0 Å². The number of hydrogen-bond donors (Lipinski definition) is 2. The lowest BCUT2D eigenvalue weighted by Crippen LogP contribution is -2.16. The van der Waals surface area contributed by atoms with Crippen LogP contribution < -0.4 is 10.9 Å². The molecular weight excluding hydrogens is 164 g/mol. The molecule has 0 bridgehead atoms. The molecule has 3 heteroatoms. The number of rotatable bonds is 1. The first-order valence-electron chi connectivity index (χ1n) is 4.70. The van der Waals surface area contributed by atoms with E-state index in [1.165, 1.54) is 6.42 Å². The Hall–Kier alpha value is -1.09. The molecule has 0 amide bonds. The second-order valence-electron chi connectivity index (χ2n) is 3.61. The summed E-state index contributed by atoms with van der Waals surface area (Å²) in [7, 11) is 0. The monoisotopic (exact) mass is 178 g/mol. The van der Waals surface area contributed by atoms with E-state index in [1.807, 2.05) is 13.0 Å². The number of nitrogens with one attached hydrogen (secondary N) is 2. The van der Waals surface area contributed by atoms with Crippen molar-refractivity contribution in [2.75, 3.05) is 6.54 Å². The maximum Gasteiger partial charge on any atom is 0.248 e. The SMILES string of the molecule is Cc1cc([C@H]2CCCN2)cc(=O)[nH]1. The Balaban J connectivity index is 2.33. The summed E-state index contributed by atoms with van der Waals surface area (Å²) in [5.41, 5.74) is 2.07. The van der Waals surface area contributed by atoms with Crippen LogP contribution in [0.15, 0.2) is 16.9 Å². The average molecular weight is 178 g/mol. The van der Waals surface area contributed by atoms with Crippen molar-refractivity contribution >= 4 is 0 Å². The Labute approximate surface area is 77.2 Å². The standard InChI is InChI=1S/C10H14N2O/c1-7-5-8(6-10(13)12-7)9-3-2-4-11-9/h5-6,9,11H,2-4H2,1H3,(H,12,13)/t9-/m1/s1. The minimum Gasteiger partial charge on any atom is -0.326 e. The summed E-state index contributed by atoms with van der Waals surface area (Å²) in [6, 6.07) is 4.13. The van der Waals surface area contributed by atoms with Gasteiger partial charge in [0.2, 0.25) is 5.56 Å². The van der Waals surface area contributed by atoms with Crippen molar-refractivity contribution in [3.05, 3.63) is 33.7 Å². The lowest BCUT2D eigenvalue weighted by Gasteiger charge is -2.10. The van der Waals surface area contributed by atoms with Gasteiger partial charge in [0, 0.05) is 17.8 Å². The number of aromatic amines is 1. The molecule has 1 saturated heterocycles. The fourth-order valence-corrected chi connectivity index (χ4v) is 1.88. The molecule has 1 aliphatic heterocycles. The zero-order valence-corrected chi connectivity index (χ0v) is 7.76. The van der Waals surface area contributed by atoms with E-state index >= 15 is 0 Å². The Bertz CT molecular complexity index is 350. The molecule has 0 saturated carbocycles. The van der Waals surface area contributed by atoms with Gasteiger partial charge in [-0.1, -0.05) is 0 Å². The molecule has 70 valence electrons. The van der Waals surface area contributed by atoms with Crippen LogP contribution in [0.4, 0.5) is 0 Å². The van der Waals surface area contributed by atoms with E-state index in [1.54, 1.807) is 6.07 Å². The summed E-state index contributed by atoms with van der Waals surface area (Å²) in [4.78, 5) is 13.9. The maximum atomic E-state index is 11.2. The van der Waals surface area contributed by atoms with E-state index in [-0.39, 0.29) is 5.56 Å². The van der Waals surface area contributed by atoms with Crippen LogP contribution in [-0.4, -0.2) is 11.5 Å². The number of aromatic nitrogens is 1. The van der Waals surface area contributed by atoms with Gasteiger partial charge in [0.25, 0.3) is 0 Å². The molecule has 1 aliphatic rings. The van der Waals surface area contributed by atoms with Crippen molar-refractivity contribution in [2.24, 2.45) is 0 Å². The van der Waals surface area contributed by atoms with Crippen molar-refractivity contribution in [1.82, 2.24) is 10.3 Å². The van der Waals surface area contributed by atoms with Crippen LogP contribution in [0.1, 0.15) is 30.1 Å². The Kier molecular flexibility index (Phi) is 2.19. The van der Waals surface area contributed by atoms with Gasteiger partial charge in [-0.3, -0.25) is 4.79 Å². The lowest BCUT2D eigenvalue weighted by atomic mass is 10.1. The molecule has 3 nitrogen and oxygen atoms in total. The first kappa shape index (κ1) is 8.51. The van der Waals surface area contributed by atoms with Crippen LogP contribution in [0.3, 0.4) is 0 Å². The normalized spacial score (nSPS) is 22.1. The van der Waals surface area contributed by atoms with Crippen LogP contribution in [0.25, 0.3) is 0 Å². The molecule has 1 aromatic heterocycles. The highest BCUT2D eigenvalue weighted by atomic mass is 16.1. The third-order valence-corrected chi connectivity index (χ3v) is 2.46. The number of hydrogen-bond acceptors (Lipinski definition) is 2. The van der Waals surface area contributed by atoms with Crippen molar-refractivity contribution in [1.29, 1.82) is 0 Å². The predicted octanol–water partition coefficient (Wildman–Crippen LogP) is 1.11. The largest absolute Gasteiger partial charge is 0.326 e. The number of pyridine rings is 1. The van der Waals surface area contributed by atoms with Gasteiger partial charge in [-0.15, -0.1) is 0 Å². The number of H-pyrrole nitrogens is 1. The molecule has 2 rings (SSSR count). The predicted molar refractivity (Wildman–Crippen MR) is 51.8 cm³/mol. The fourth-order valence-electron chi connectivity index (χ4n) is 1.88. The smallest absolute Gasteiger partial charge is 0.248 e. The Morgan fingerprint density at radius 2 is 2.31 bits per heavy atom. The third-order valence-electron chi connectivity index (χ3n) is 2.46. The summed E-state index contributed by atoms with van der Waals surface area (Å²) < 4.78 is 0. The van der Waals surface area contributed by atoms with Crippen LogP contribution >= 0.6 is 0 Å². The Morgan fingerprint density at radius 3 is 2.92 bits per heavy atom. The molecule has 0 radical (unpaired) electrons. The van der Waals surface area contributed by atoms with Crippen LogP contribution in [-0.2, 0) is 0 Å². The summed E-state index contributed by atoms with van der Waals surface area (Å²) >= 11 is 0. The fraction of sp³-hybridized carbons (Fsp3) is 0.500. The minimum absolute atomic E-state index is 0.00343. The van der Waals surface area contributed by atoms with Crippen LogP contribution in [0, 0.1) is 6.92 Å². The summed E-state index contributed by atoms with van der Waals surface area (Å²) in [6.45, 7) is 2.98. The third kappa shape index (κ3) is 1.80. The van der Waals surface area contributed by atoms with Crippen molar-refractivity contribution < 1.29 is 0 Å². The van der Waals surface area contributed by atoms with Gasteiger partial charge in [-0.05, 0) is 37.9 Å². The molecule has 0 aromatic carbocycles. The highest BCUT2D eigenvalue weighted by molar-refractivity contribution is 5.20. The average Bonchev–Trinajstić information content (AvgIpc) is 2.53. The van der Waals surface area contributed by atoms with Gasteiger partial charge in [0.1, 0.15) is 0 Å². The quantitative estimate of drug-likeness (QED) is 0.676. The molecule has 1 atom stereocenters. The molecule has 1 fully saturated rings. The molecular formula is C10H14N2O. The van der Waals surface area contributed by atoms with E-state index in [2.05, 4.69) is 10.3 Å². The molecule has 13 heavy (non-hydrogen) atoms. The topological polar surface area (TPSA) is 44.9 Å². The first-order chi connectivity index (χ1) is 6.25. The first-order valence-corrected chi connectivity index (χ1v) is 4.70. The molecule has 1 aromatic rings. The highest BCUT2D eigenvalue weighted by Crippen LogP contribution is 2.21. The number of aryl methyl sites for hydroxylation is 1. The second kappa shape index (κ2) is 3.34. The van der Waals surface area contributed by atoms with Gasteiger partial charge < -0.3 is 10.3 Å².